The van der Waals surface area contributed by atoms with E-state index < -0.39 is 23.5 Å². The van der Waals surface area contributed by atoms with Gasteiger partial charge in [-0.25, -0.2) is 0 Å². The molecule has 1 aliphatic rings. The van der Waals surface area contributed by atoms with Crippen LogP contribution in [0.2, 0.25) is 0 Å². The molecule has 3 atom stereocenters. The van der Waals surface area contributed by atoms with Gasteiger partial charge in [-0.1, -0.05) is 30.3 Å². The number of alkyl halides is 6. The first-order valence-corrected chi connectivity index (χ1v) is 9.26. The van der Waals surface area contributed by atoms with E-state index in [1.54, 1.807) is 0 Å². The van der Waals surface area contributed by atoms with E-state index in [-0.39, 0.29) is 42.7 Å². The predicted molar refractivity (Wildman–Crippen MR) is 96.3 cm³/mol. The van der Waals surface area contributed by atoms with Crippen molar-refractivity contribution in [2.75, 3.05) is 6.61 Å². The second kappa shape index (κ2) is 8.36. The van der Waals surface area contributed by atoms with Gasteiger partial charge in [0.1, 0.15) is 0 Å². The molecule has 29 heavy (non-hydrogen) atoms. The summed E-state index contributed by atoms with van der Waals surface area (Å²) in [5.41, 5.74) is 4.52. The van der Waals surface area contributed by atoms with Crippen molar-refractivity contribution in [1.29, 1.82) is 0 Å². The van der Waals surface area contributed by atoms with E-state index in [4.69, 9.17) is 10.5 Å². The molecule has 0 heterocycles. The van der Waals surface area contributed by atoms with Crippen molar-refractivity contribution in [2.45, 2.75) is 49.7 Å². The Bertz CT molecular complexity index is 786. The monoisotopic (exact) mass is 417 g/mol. The lowest BCUT2D eigenvalue weighted by Gasteiger charge is -2.24. The Balaban J connectivity index is 1.71. The molecule has 1 saturated carbocycles. The first kappa shape index (κ1) is 21.6. The highest BCUT2D eigenvalue weighted by atomic mass is 19.4. The first-order chi connectivity index (χ1) is 13.6. The summed E-state index contributed by atoms with van der Waals surface area (Å²) in [7, 11) is 0. The number of halogens is 6. The lowest BCUT2D eigenvalue weighted by molar-refractivity contribution is -0.143. The van der Waals surface area contributed by atoms with Crippen LogP contribution in [0.1, 0.15) is 41.0 Å². The maximum atomic E-state index is 13.0. The molecule has 8 heteroatoms. The van der Waals surface area contributed by atoms with Crippen molar-refractivity contribution in [3.05, 3.63) is 70.8 Å². The van der Waals surface area contributed by atoms with Crippen molar-refractivity contribution >= 4 is 0 Å². The average Bonchev–Trinajstić information content (AvgIpc) is 3.01. The highest BCUT2D eigenvalue weighted by molar-refractivity contribution is 5.34. The third-order valence-corrected chi connectivity index (χ3v) is 5.20. The van der Waals surface area contributed by atoms with E-state index in [1.165, 1.54) is 0 Å². The summed E-state index contributed by atoms with van der Waals surface area (Å²) in [6.07, 6.45) is -8.55. The Labute approximate surface area is 164 Å². The van der Waals surface area contributed by atoms with Gasteiger partial charge in [0.15, 0.2) is 0 Å². The molecule has 0 saturated heterocycles. The fourth-order valence-electron chi connectivity index (χ4n) is 3.81. The van der Waals surface area contributed by atoms with Crippen LogP contribution in [0.5, 0.6) is 0 Å². The topological polar surface area (TPSA) is 35.2 Å². The van der Waals surface area contributed by atoms with Gasteiger partial charge in [-0.2, -0.15) is 26.3 Å². The van der Waals surface area contributed by atoms with Gasteiger partial charge in [-0.15, -0.1) is 0 Å². The largest absolute Gasteiger partial charge is 0.416 e. The minimum atomic E-state index is -4.85. The third kappa shape index (κ3) is 5.30. The Morgan fingerprint density at radius 3 is 2.00 bits per heavy atom. The molecule has 2 aromatic carbocycles. The SMILES string of the molecule is N[C@H]1CC[C@@H](OCCc2cc(C(F)(F)F)cc(C(F)(F)F)c2)[C@@H]1c1ccccc1. The maximum Gasteiger partial charge on any atom is 0.416 e. The van der Waals surface area contributed by atoms with E-state index in [1.807, 2.05) is 30.3 Å². The van der Waals surface area contributed by atoms with E-state index in [0.717, 1.165) is 24.1 Å². The Morgan fingerprint density at radius 2 is 1.45 bits per heavy atom. The normalized spacial score (nSPS) is 22.8. The molecule has 0 unspecified atom stereocenters. The number of rotatable bonds is 5. The molecule has 0 bridgehead atoms. The minimum Gasteiger partial charge on any atom is -0.377 e. The molecule has 0 radical (unpaired) electrons. The zero-order valence-electron chi connectivity index (χ0n) is 15.4. The highest BCUT2D eigenvalue weighted by Gasteiger charge is 2.37. The third-order valence-electron chi connectivity index (χ3n) is 5.20. The standard InChI is InChI=1S/C21H21F6NO/c22-20(23,24)15-10-13(11-16(12-15)21(25,26)27)8-9-29-18-7-6-17(28)19(18)14-4-2-1-3-5-14/h1-5,10-12,17-19H,6-9,28H2/t17-,18+,19+/m0/s1. The van der Waals surface area contributed by atoms with Gasteiger partial charge in [0.2, 0.25) is 0 Å². The molecule has 0 aromatic heterocycles. The molecule has 3 rings (SSSR count). The minimum absolute atomic E-state index is 0.0132. The molecule has 158 valence electrons. The van der Waals surface area contributed by atoms with Gasteiger partial charge in [-0.05, 0) is 48.6 Å². The number of hydrogen-bond donors (Lipinski definition) is 1. The Kier molecular flexibility index (Phi) is 6.24. The van der Waals surface area contributed by atoms with Crippen LogP contribution < -0.4 is 5.73 Å². The molecular formula is C21H21F6NO. The number of hydrogen-bond acceptors (Lipinski definition) is 2. The average molecular weight is 417 g/mol. The van der Waals surface area contributed by atoms with Gasteiger partial charge in [0.25, 0.3) is 0 Å². The molecular weight excluding hydrogens is 396 g/mol. The smallest absolute Gasteiger partial charge is 0.377 e. The second-order valence-corrected chi connectivity index (χ2v) is 7.25. The van der Waals surface area contributed by atoms with Crippen LogP contribution in [0.25, 0.3) is 0 Å². The molecule has 0 spiro atoms. The lowest BCUT2D eigenvalue weighted by atomic mass is 9.93. The van der Waals surface area contributed by atoms with Crippen LogP contribution >= 0.6 is 0 Å². The van der Waals surface area contributed by atoms with E-state index >= 15 is 0 Å². The summed E-state index contributed by atoms with van der Waals surface area (Å²) < 4.78 is 83.7. The van der Waals surface area contributed by atoms with Gasteiger partial charge in [0, 0.05) is 12.0 Å². The van der Waals surface area contributed by atoms with Gasteiger partial charge in [-0.3, -0.25) is 0 Å². The number of ether oxygens (including phenoxy) is 1. The van der Waals surface area contributed by atoms with Crippen molar-refractivity contribution in [3.63, 3.8) is 0 Å². The summed E-state index contributed by atoms with van der Waals surface area (Å²) in [5, 5.41) is 0. The summed E-state index contributed by atoms with van der Waals surface area (Å²) >= 11 is 0. The number of nitrogens with two attached hydrogens (primary N) is 1. The van der Waals surface area contributed by atoms with Crippen molar-refractivity contribution in [2.24, 2.45) is 5.73 Å². The summed E-state index contributed by atoms with van der Waals surface area (Å²) in [6, 6.07) is 11.0. The van der Waals surface area contributed by atoms with E-state index in [0.29, 0.717) is 6.42 Å². The van der Waals surface area contributed by atoms with Crippen LogP contribution in [-0.4, -0.2) is 18.8 Å². The predicted octanol–water partition coefficient (Wildman–Crippen LogP) is 5.56. The molecule has 0 amide bonds. The van der Waals surface area contributed by atoms with Crippen LogP contribution in [-0.2, 0) is 23.5 Å². The summed E-state index contributed by atoms with van der Waals surface area (Å²) in [6.45, 7) is 0.0132. The quantitative estimate of drug-likeness (QED) is 0.647. The summed E-state index contributed by atoms with van der Waals surface area (Å²) in [4.78, 5) is 0. The molecule has 1 aliphatic carbocycles. The molecule has 1 fully saturated rings. The van der Waals surface area contributed by atoms with Gasteiger partial charge >= 0.3 is 12.4 Å². The van der Waals surface area contributed by atoms with Crippen molar-refractivity contribution in [1.82, 2.24) is 0 Å². The van der Waals surface area contributed by atoms with Gasteiger partial charge < -0.3 is 10.5 Å². The van der Waals surface area contributed by atoms with E-state index in [2.05, 4.69) is 0 Å². The lowest BCUT2D eigenvalue weighted by Crippen LogP contribution is -2.29. The fourth-order valence-corrected chi connectivity index (χ4v) is 3.81. The first-order valence-electron chi connectivity index (χ1n) is 9.26. The molecule has 0 aliphatic heterocycles. The van der Waals surface area contributed by atoms with E-state index in [9.17, 15) is 26.3 Å². The zero-order chi connectivity index (χ0) is 21.2. The fraction of sp³-hybridized carbons (Fsp3) is 0.429. The van der Waals surface area contributed by atoms with Crippen LogP contribution in [0, 0.1) is 0 Å². The number of benzene rings is 2. The van der Waals surface area contributed by atoms with Crippen molar-refractivity contribution in [3.8, 4) is 0 Å². The molecule has 2 N–H and O–H groups in total. The van der Waals surface area contributed by atoms with Crippen LogP contribution in [0.4, 0.5) is 26.3 Å². The Morgan fingerprint density at radius 1 is 0.862 bits per heavy atom. The Hall–Kier alpha value is -2.06. The van der Waals surface area contributed by atoms with Gasteiger partial charge in [0.05, 0.1) is 23.8 Å². The van der Waals surface area contributed by atoms with Crippen LogP contribution in [0.15, 0.2) is 48.5 Å². The van der Waals surface area contributed by atoms with Crippen molar-refractivity contribution < 1.29 is 31.1 Å². The zero-order valence-corrected chi connectivity index (χ0v) is 15.4. The highest BCUT2D eigenvalue weighted by Crippen LogP contribution is 2.38. The molecule has 2 aromatic rings. The maximum absolute atomic E-state index is 13.0. The second-order valence-electron chi connectivity index (χ2n) is 7.25. The molecule has 2 nitrogen and oxygen atoms in total. The van der Waals surface area contributed by atoms with Crippen LogP contribution in [0.3, 0.4) is 0 Å². The summed E-state index contributed by atoms with van der Waals surface area (Å²) in [5.74, 6) is -0.0524.